The molecule has 31 heavy (non-hydrogen) atoms. The average molecular weight is 416 g/mol. The fourth-order valence-electron chi connectivity index (χ4n) is 4.57. The van der Waals surface area contributed by atoms with Crippen molar-refractivity contribution < 1.29 is 9.53 Å². The lowest BCUT2D eigenvalue weighted by Crippen LogP contribution is -2.33. The molecular formula is C26H29N3O2. The molecule has 1 saturated heterocycles. The Labute approximate surface area is 184 Å². The number of esters is 1. The minimum absolute atomic E-state index is 0.102. The molecule has 2 aromatic rings. The molecule has 0 bridgehead atoms. The van der Waals surface area contributed by atoms with Crippen molar-refractivity contribution in [2.75, 3.05) is 26.2 Å². The first-order valence-corrected chi connectivity index (χ1v) is 11.3. The number of aromatic nitrogens is 1. The molecule has 4 rings (SSSR count). The van der Waals surface area contributed by atoms with Gasteiger partial charge in [-0.2, -0.15) is 5.26 Å². The highest BCUT2D eigenvalue weighted by Crippen LogP contribution is 2.37. The van der Waals surface area contributed by atoms with Crippen molar-refractivity contribution in [3.63, 3.8) is 0 Å². The third-order valence-electron chi connectivity index (χ3n) is 6.21. The molecule has 0 radical (unpaired) electrons. The first-order chi connectivity index (χ1) is 15.2. The maximum atomic E-state index is 11.8. The summed E-state index contributed by atoms with van der Waals surface area (Å²) in [5, 5.41) is 9.35. The van der Waals surface area contributed by atoms with Crippen LogP contribution in [-0.2, 0) is 22.4 Å². The zero-order valence-corrected chi connectivity index (χ0v) is 18.2. The van der Waals surface area contributed by atoms with E-state index >= 15 is 0 Å². The molecule has 0 N–H and O–H groups in total. The van der Waals surface area contributed by atoms with E-state index in [1.807, 2.05) is 31.3 Å². The number of rotatable bonds is 5. The monoisotopic (exact) mass is 415 g/mol. The predicted octanol–water partition coefficient (Wildman–Crippen LogP) is 4.29. The first-order valence-electron chi connectivity index (χ1n) is 11.3. The minimum atomic E-state index is -0.102. The number of carbonyl (C=O) groups excluding carboxylic acids is 1. The highest BCUT2D eigenvalue weighted by atomic mass is 16.5. The number of nitrogens with zero attached hydrogens (tertiary/aromatic N) is 3. The summed E-state index contributed by atoms with van der Waals surface area (Å²) in [5.74, 6) is -0.102. The number of nitriles is 1. The Bertz CT molecular complexity index is 1030. The van der Waals surface area contributed by atoms with Gasteiger partial charge in [0.25, 0.3) is 0 Å². The molecule has 160 valence electrons. The number of piperidine rings is 1. The van der Waals surface area contributed by atoms with Gasteiger partial charge in [0, 0.05) is 31.4 Å². The molecule has 2 heterocycles. The van der Waals surface area contributed by atoms with Crippen molar-refractivity contribution in [1.82, 2.24) is 9.88 Å². The van der Waals surface area contributed by atoms with Crippen molar-refractivity contribution >= 4 is 11.5 Å². The van der Waals surface area contributed by atoms with Crippen LogP contribution in [0.15, 0.2) is 42.1 Å². The van der Waals surface area contributed by atoms with Gasteiger partial charge in [0.2, 0.25) is 0 Å². The van der Waals surface area contributed by atoms with Gasteiger partial charge in [0.15, 0.2) is 0 Å². The second-order valence-corrected chi connectivity index (χ2v) is 8.29. The molecular weight excluding hydrogens is 386 g/mol. The van der Waals surface area contributed by atoms with Crippen LogP contribution in [0.5, 0.6) is 0 Å². The number of carbonyl (C=O) groups is 1. The zero-order valence-electron chi connectivity index (χ0n) is 18.2. The van der Waals surface area contributed by atoms with Crippen LogP contribution >= 0.6 is 0 Å². The Morgan fingerprint density at radius 3 is 2.74 bits per heavy atom. The fourth-order valence-corrected chi connectivity index (χ4v) is 4.57. The van der Waals surface area contributed by atoms with Crippen LogP contribution in [0.4, 0.5) is 0 Å². The number of fused-ring (bicyclic) bond motifs is 2. The highest BCUT2D eigenvalue weighted by Gasteiger charge is 2.25. The maximum Gasteiger partial charge on any atom is 0.307 e. The van der Waals surface area contributed by atoms with Crippen molar-refractivity contribution in [3.05, 3.63) is 70.0 Å². The second-order valence-electron chi connectivity index (χ2n) is 8.29. The van der Waals surface area contributed by atoms with Gasteiger partial charge < -0.3 is 9.64 Å². The summed E-state index contributed by atoms with van der Waals surface area (Å²) >= 11 is 0. The zero-order chi connectivity index (χ0) is 21.6. The molecule has 1 aromatic heterocycles. The number of benzene rings is 1. The van der Waals surface area contributed by atoms with E-state index in [2.05, 4.69) is 23.1 Å². The first kappa shape index (κ1) is 21.3. The lowest BCUT2D eigenvalue weighted by atomic mass is 9.88. The van der Waals surface area contributed by atoms with E-state index in [0.717, 1.165) is 57.4 Å². The molecule has 0 atom stereocenters. The normalized spacial score (nSPS) is 16.1. The van der Waals surface area contributed by atoms with Gasteiger partial charge >= 0.3 is 5.97 Å². The Kier molecular flexibility index (Phi) is 6.79. The summed E-state index contributed by atoms with van der Waals surface area (Å²) in [6.45, 7) is 5.14. The summed E-state index contributed by atoms with van der Waals surface area (Å²) in [7, 11) is 0. The van der Waals surface area contributed by atoms with Crippen LogP contribution in [0.3, 0.4) is 0 Å². The van der Waals surface area contributed by atoms with Crippen molar-refractivity contribution in [2.45, 2.75) is 45.4 Å². The van der Waals surface area contributed by atoms with Gasteiger partial charge in [0.05, 0.1) is 30.4 Å². The molecule has 0 amide bonds. The van der Waals surface area contributed by atoms with Crippen LogP contribution in [0, 0.1) is 11.3 Å². The fraction of sp³-hybridized carbons (Fsp3) is 0.423. The van der Waals surface area contributed by atoms with E-state index in [1.165, 1.54) is 27.8 Å². The molecule has 1 aromatic carbocycles. The largest absolute Gasteiger partial charge is 0.466 e. The highest BCUT2D eigenvalue weighted by molar-refractivity contribution is 5.84. The Morgan fingerprint density at radius 2 is 1.97 bits per heavy atom. The topological polar surface area (TPSA) is 66.2 Å². The van der Waals surface area contributed by atoms with Crippen molar-refractivity contribution in [2.24, 2.45) is 0 Å². The maximum absolute atomic E-state index is 11.8. The van der Waals surface area contributed by atoms with Gasteiger partial charge in [-0.3, -0.25) is 9.78 Å². The molecule has 1 aliphatic carbocycles. The minimum Gasteiger partial charge on any atom is -0.466 e. The summed E-state index contributed by atoms with van der Waals surface area (Å²) in [6.07, 6.45) is 6.99. The summed E-state index contributed by atoms with van der Waals surface area (Å²) in [5.41, 5.74) is 8.24. The Morgan fingerprint density at radius 1 is 1.16 bits per heavy atom. The quantitative estimate of drug-likeness (QED) is 0.682. The summed E-state index contributed by atoms with van der Waals surface area (Å²) in [4.78, 5) is 19.0. The van der Waals surface area contributed by atoms with Gasteiger partial charge in [-0.25, -0.2) is 0 Å². The Hall–Kier alpha value is -2.97. The van der Waals surface area contributed by atoms with Crippen LogP contribution in [0.2, 0.25) is 0 Å². The Balaban J connectivity index is 1.57. The molecule has 5 heteroatoms. The third-order valence-corrected chi connectivity index (χ3v) is 6.21. The molecule has 1 aliphatic heterocycles. The molecule has 0 spiro atoms. The summed E-state index contributed by atoms with van der Waals surface area (Å²) in [6, 6.07) is 12.5. The van der Waals surface area contributed by atoms with Crippen LogP contribution < -0.4 is 0 Å². The van der Waals surface area contributed by atoms with Gasteiger partial charge in [-0.05, 0) is 67.0 Å². The van der Waals surface area contributed by atoms with Crippen LogP contribution in [-0.4, -0.2) is 42.1 Å². The van der Waals surface area contributed by atoms with E-state index < -0.39 is 0 Å². The van der Waals surface area contributed by atoms with Crippen LogP contribution in [0.1, 0.15) is 60.6 Å². The lowest BCUT2D eigenvalue weighted by molar-refractivity contribution is -0.144. The molecule has 1 fully saturated rings. The smallest absolute Gasteiger partial charge is 0.307 e. The second kappa shape index (κ2) is 9.89. The van der Waals surface area contributed by atoms with E-state index in [0.29, 0.717) is 18.6 Å². The van der Waals surface area contributed by atoms with Gasteiger partial charge in [-0.1, -0.05) is 24.6 Å². The number of hydrogen-bond donors (Lipinski definition) is 0. The van der Waals surface area contributed by atoms with Gasteiger partial charge in [0.1, 0.15) is 0 Å². The third kappa shape index (κ3) is 4.86. The standard InChI is InChI=1S/C26H29N3O2/c1-2-16-31-24(30)11-15-29-13-9-20(10-14-29)25-23-8-5-19(18-27)17-22(23)7-6-21-4-3-12-28-26(21)25/h3-5,8,12,17H,2,6-7,9-11,13-16H2,1H3. The molecule has 0 saturated carbocycles. The number of hydrogen-bond acceptors (Lipinski definition) is 5. The molecule has 5 nitrogen and oxygen atoms in total. The van der Waals surface area contributed by atoms with Gasteiger partial charge in [-0.15, -0.1) is 0 Å². The van der Waals surface area contributed by atoms with E-state index in [-0.39, 0.29) is 5.97 Å². The summed E-state index contributed by atoms with van der Waals surface area (Å²) < 4.78 is 5.20. The van der Waals surface area contributed by atoms with Crippen molar-refractivity contribution in [1.29, 1.82) is 5.26 Å². The van der Waals surface area contributed by atoms with Crippen LogP contribution in [0.25, 0.3) is 5.57 Å². The predicted molar refractivity (Wildman–Crippen MR) is 120 cm³/mol. The number of pyridine rings is 1. The van der Waals surface area contributed by atoms with E-state index in [4.69, 9.17) is 9.72 Å². The van der Waals surface area contributed by atoms with E-state index in [1.54, 1.807) is 0 Å². The van der Waals surface area contributed by atoms with Crippen molar-refractivity contribution in [3.8, 4) is 6.07 Å². The number of ether oxygens (including phenoxy) is 1. The average Bonchev–Trinajstić information content (AvgIpc) is 2.98. The van der Waals surface area contributed by atoms with E-state index in [9.17, 15) is 10.1 Å². The molecule has 0 unspecified atom stereocenters. The SMILES string of the molecule is CCCOC(=O)CCN1CCC(=C2c3ccc(C#N)cc3CCc3cccnc32)CC1. The number of likely N-dealkylation sites (tertiary alicyclic amines) is 1. The lowest BCUT2D eigenvalue weighted by Gasteiger charge is -2.30. The molecule has 2 aliphatic rings. The number of aryl methyl sites for hydroxylation is 2.